The molecule has 0 radical (unpaired) electrons. The van der Waals surface area contributed by atoms with Gasteiger partial charge in [-0.2, -0.15) is 13.2 Å². The van der Waals surface area contributed by atoms with Crippen molar-refractivity contribution in [3.05, 3.63) is 42.2 Å². The first-order valence-electron chi connectivity index (χ1n) is 6.91. The van der Waals surface area contributed by atoms with Crippen LogP contribution in [0.4, 0.5) is 30.5 Å². The van der Waals surface area contributed by atoms with E-state index in [1.165, 1.54) is 0 Å². The molecule has 0 N–H and O–H groups in total. The van der Waals surface area contributed by atoms with Gasteiger partial charge in [0.1, 0.15) is 0 Å². The Labute approximate surface area is 126 Å². The number of hydrogen-bond donors (Lipinski definition) is 0. The van der Waals surface area contributed by atoms with Crippen molar-refractivity contribution in [2.75, 3.05) is 16.5 Å². The molecule has 0 aliphatic carbocycles. The molecule has 0 saturated carbocycles. The number of halogens is 3. The molecule has 0 saturated heterocycles. The van der Waals surface area contributed by atoms with Crippen molar-refractivity contribution >= 4 is 17.3 Å². The van der Waals surface area contributed by atoms with E-state index in [1.54, 1.807) is 0 Å². The van der Waals surface area contributed by atoms with Crippen LogP contribution in [0.5, 0.6) is 0 Å². The van der Waals surface area contributed by atoms with Crippen molar-refractivity contribution in [3.63, 3.8) is 0 Å². The van der Waals surface area contributed by atoms with Gasteiger partial charge in [0.05, 0.1) is 12.9 Å². The van der Waals surface area contributed by atoms with Crippen molar-refractivity contribution < 1.29 is 13.2 Å². The van der Waals surface area contributed by atoms with Crippen LogP contribution in [0.25, 0.3) is 0 Å². The number of para-hydroxylation sites is 1. The normalized spacial score (nSPS) is 14.6. The molecule has 7 heteroatoms. The minimum Gasteiger partial charge on any atom is -0.333 e. The third-order valence-electron chi connectivity index (χ3n) is 3.54. The van der Waals surface area contributed by atoms with Crippen LogP contribution >= 0.6 is 0 Å². The number of benzene rings is 1. The summed E-state index contributed by atoms with van der Waals surface area (Å²) in [6.45, 7) is 4.26. The monoisotopic (exact) mass is 308 g/mol. The van der Waals surface area contributed by atoms with E-state index in [0.29, 0.717) is 12.5 Å². The number of rotatable bonds is 2. The first-order chi connectivity index (χ1) is 10.4. The van der Waals surface area contributed by atoms with E-state index in [9.17, 15) is 13.2 Å². The predicted octanol–water partition coefficient (Wildman–Crippen LogP) is 3.82. The maximum absolute atomic E-state index is 12.9. The molecule has 0 atom stereocenters. The highest BCUT2D eigenvalue weighted by Crippen LogP contribution is 2.40. The number of anilines is 3. The van der Waals surface area contributed by atoms with Crippen LogP contribution in [-0.4, -0.2) is 22.7 Å². The lowest BCUT2D eigenvalue weighted by Gasteiger charge is -2.24. The molecular formula is C15H15F3N4. The third kappa shape index (κ3) is 2.47. The standard InChI is InChI=1S/C15H15F3N4/c1-10(2)21-9-22(11-6-4-3-5-7-11)13-14(21)20-12(8-19-13)15(16,17)18/h3-8,10H,9H2,1-2H3. The Morgan fingerprint density at radius 2 is 1.77 bits per heavy atom. The molecule has 1 aliphatic rings. The maximum atomic E-state index is 12.9. The predicted molar refractivity (Wildman–Crippen MR) is 78.1 cm³/mol. The van der Waals surface area contributed by atoms with Gasteiger partial charge in [0.2, 0.25) is 0 Å². The highest BCUT2D eigenvalue weighted by atomic mass is 19.4. The van der Waals surface area contributed by atoms with Crippen molar-refractivity contribution in [1.82, 2.24) is 9.97 Å². The van der Waals surface area contributed by atoms with Gasteiger partial charge >= 0.3 is 6.18 Å². The summed E-state index contributed by atoms with van der Waals surface area (Å²) in [6, 6.07) is 9.46. The summed E-state index contributed by atoms with van der Waals surface area (Å²) < 4.78 is 38.6. The number of alkyl halides is 3. The van der Waals surface area contributed by atoms with E-state index in [1.807, 2.05) is 54.0 Å². The summed E-state index contributed by atoms with van der Waals surface area (Å²) in [5.41, 5.74) is -0.0900. The molecule has 0 bridgehead atoms. The van der Waals surface area contributed by atoms with Gasteiger partial charge in [-0.3, -0.25) is 0 Å². The summed E-state index contributed by atoms with van der Waals surface area (Å²) in [4.78, 5) is 11.5. The van der Waals surface area contributed by atoms with Gasteiger partial charge in [0.25, 0.3) is 0 Å². The molecule has 0 unspecified atom stereocenters. The second kappa shape index (κ2) is 5.15. The average molecular weight is 308 g/mol. The molecule has 116 valence electrons. The zero-order valence-corrected chi connectivity index (χ0v) is 12.2. The molecular weight excluding hydrogens is 293 g/mol. The van der Waals surface area contributed by atoms with Crippen LogP contribution < -0.4 is 9.80 Å². The Kier molecular flexibility index (Phi) is 3.42. The highest BCUT2D eigenvalue weighted by Gasteiger charge is 2.38. The van der Waals surface area contributed by atoms with Crippen LogP contribution in [0.2, 0.25) is 0 Å². The quantitative estimate of drug-likeness (QED) is 0.844. The van der Waals surface area contributed by atoms with Crippen molar-refractivity contribution in [2.24, 2.45) is 0 Å². The minimum absolute atomic E-state index is 0.0187. The fourth-order valence-corrected chi connectivity index (χ4v) is 2.40. The lowest BCUT2D eigenvalue weighted by Crippen LogP contribution is -2.34. The first kappa shape index (κ1) is 14.6. The zero-order valence-electron chi connectivity index (χ0n) is 12.2. The number of fused-ring (bicyclic) bond motifs is 1. The van der Waals surface area contributed by atoms with Crippen molar-refractivity contribution in [3.8, 4) is 0 Å². The van der Waals surface area contributed by atoms with E-state index in [2.05, 4.69) is 9.97 Å². The number of nitrogens with zero attached hydrogens (tertiary/aromatic N) is 4. The van der Waals surface area contributed by atoms with Crippen LogP contribution in [0.15, 0.2) is 36.5 Å². The van der Waals surface area contributed by atoms with Crippen LogP contribution in [-0.2, 0) is 6.18 Å². The summed E-state index contributed by atoms with van der Waals surface area (Å²) in [5.74, 6) is 0.724. The van der Waals surface area contributed by atoms with Gasteiger partial charge in [-0.1, -0.05) is 18.2 Å². The van der Waals surface area contributed by atoms with Crippen LogP contribution in [0.1, 0.15) is 19.5 Å². The third-order valence-corrected chi connectivity index (χ3v) is 3.54. The molecule has 1 aliphatic heterocycles. The van der Waals surface area contributed by atoms with E-state index in [4.69, 9.17) is 0 Å². The van der Waals surface area contributed by atoms with Gasteiger partial charge in [-0.25, -0.2) is 9.97 Å². The minimum atomic E-state index is -4.50. The van der Waals surface area contributed by atoms with Gasteiger partial charge < -0.3 is 9.80 Å². The molecule has 0 fully saturated rings. The van der Waals surface area contributed by atoms with Crippen LogP contribution in [0.3, 0.4) is 0 Å². The Balaban J connectivity index is 2.08. The van der Waals surface area contributed by atoms with Crippen molar-refractivity contribution in [1.29, 1.82) is 0 Å². The Morgan fingerprint density at radius 1 is 1.09 bits per heavy atom. The van der Waals surface area contributed by atoms with Gasteiger partial charge in [-0.05, 0) is 26.0 Å². The molecule has 4 nitrogen and oxygen atoms in total. The second-order valence-corrected chi connectivity index (χ2v) is 5.37. The van der Waals surface area contributed by atoms with Gasteiger partial charge in [0.15, 0.2) is 17.3 Å². The Hall–Kier alpha value is -2.31. The first-order valence-corrected chi connectivity index (χ1v) is 6.91. The lowest BCUT2D eigenvalue weighted by molar-refractivity contribution is -0.141. The molecule has 1 aromatic carbocycles. The van der Waals surface area contributed by atoms with Gasteiger partial charge in [-0.15, -0.1) is 0 Å². The summed E-state index contributed by atoms with van der Waals surface area (Å²) >= 11 is 0. The molecule has 3 rings (SSSR count). The Bertz CT molecular complexity index is 670. The summed E-state index contributed by atoms with van der Waals surface area (Å²) in [6.07, 6.45) is -3.70. The average Bonchev–Trinajstić information content (AvgIpc) is 2.86. The molecule has 2 aromatic rings. The van der Waals surface area contributed by atoms with Crippen molar-refractivity contribution in [2.45, 2.75) is 26.1 Å². The molecule has 22 heavy (non-hydrogen) atoms. The fourth-order valence-electron chi connectivity index (χ4n) is 2.40. The van der Waals surface area contributed by atoms with E-state index < -0.39 is 11.9 Å². The largest absolute Gasteiger partial charge is 0.434 e. The maximum Gasteiger partial charge on any atom is 0.434 e. The molecule has 2 heterocycles. The number of hydrogen-bond acceptors (Lipinski definition) is 4. The molecule has 0 amide bonds. The Morgan fingerprint density at radius 3 is 2.36 bits per heavy atom. The van der Waals surface area contributed by atoms with E-state index in [0.717, 1.165) is 11.9 Å². The molecule has 0 spiro atoms. The summed E-state index contributed by atoms with van der Waals surface area (Å²) in [7, 11) is 0. The second-order valence-electron chi connectivity index (χ2n) is 5.37. The van der Waals surface area contributed by atoms with E-state index >= 15 is 0 Å². The smallest absolute Gasteiger partial charge is 0.333 e. The lowest BCUT2D eigenvalue weighted by atomic mass is 10.3. The summed E-state index contributed by atoms with van der Waals surface area (Å²) in [5, 5.41) is 0. The SMILES string of the molecule is CC(C)N1CN(c2ccccc2)c2ncc(C(F)(F)F)nc21. The van der Waals surface area contributed by atoms with Gasteiger partial charge in [0, 0.05) is 11.7 Å². The van der Waals surface area contributed by atoms with Crippen LogP contribution in [0, 0.1) is 0 Å². The molecule has 1 aromatic heterocycles. The number of aromatic nitrogens is 2. The highest BCUT2D eigenvalue weighted by molar-refractivity contribution is 5.76. The van der Waals surface area contributed by atoms with E-state index in [-0.39, 0.29) is 11.9 Å². The zero-order chi connectivity index (χ0) is 15.9. The fraction of sp³-hybridized carbons (Fsp3) is 0.333. The topological polar surface area (TPSA) is 32.3 Å².